The predicted octanol–water partition coefficient (Wildman–Crippen LogP) is 2.27. The van der Waals surface area contributed by atoms with Crippen LogP contribution in [-0.4, -0.2) is 24.2 Å². The molecule has 0 aliphatic carbocycles. The minimum absolute atomic E-state index is 0.368. The first-order valence-electron chi connectivity index (χ1n) is 4.99. The van der Waals surface area contributed by atoms with E-state index in [-0.39, 0.29) is 5.97 Å². The number of nitrogen functional groups attached to an aromatic ring is 1. The van der Waals surface area contributed by atoms with E-state index < -0.39 is 5.97 Å². The Morgan fingerprint density at radius 1 is 1.32 bits per heavy atom. The van der Waals surface area contributed by atoms with E-state index >= 15 is 0 Å². The van der Waals surface area contributed by atoms with Crippen LogP contribution in [0.4, 0.5) is 5.69 Å². The summed E-state index contributed by atoms with van der Waals surface area (Å²) in [5.41, 5.74) is 3.00. The second kappa shape index (κ2) is 7.52. The number of carboxylic acids is 1. The Kier molecular flexibility index (Phi) is 6.00. The first-order chi connectivity index (χ1) is 9.10. The van der Waals surface area contributed by atoms with Gasteiger partial charge in [-0.2, -0.15) is 0 Å². The number of carbonyl (C=O) groups excluding carboxylic acids is 1. The fraction of sp³-hybridized carbons (Fsp3) is 0.0909. The second-order valence-corrected chi connectivity index (χ2v) is 4.95. The van der Waals surface area contributed by atoms with Crippen LogP contribution < -0.4 is 11.3 Å². The third-order valence-electron chi connectivity index (χ3n) is 1.92. The molecule has 0 aliphatic heterocycles. The van der Waals surface area contributed by atoms with Gasteiger partial charge in [-0.1, -0.05) is 6.07 Å². The lowest BCUT2D eigenvalue weighted by Crippen LogP contribution is -2.10. The molecule has 4 N–H and O–H groups in total. The normalized spacial score (nSPS) is 9.16. The molecule has 0 radical (unpaired) electrons. The van der Waals surface area contributed by atoms with Crippen LogP contribution in [0.15, 0.2) is 29.0 Å². The van der Waals surface area contributed by atoms with Gasteiger partial charge in [-0.25, -0.2) is 9.59 Å². The molecule has 0 aromatic carbocycles. The van der Waals surface area contributed by atoms with Gasteiger partial charge in [-0.15, -0.1) is 22.7 Å². The van der Waals surface area contributed by atoms with Crippen LogP contribution in [0.25, 0.3) is 0 Å². The van der Waals surface area contributed by atoms with Gasteiger partial charge in [0.1, 0.15) is 9.75 Å². The molecule has 0 bridgehead atoms. The monoisotopic (exact) mass is 300 g/mol. The Balaban J connectivity index is 0.000000200. The third kappa shape index (κ3) is 4.36. The summed E-state index contributed by atoms with van der Waals surface area (Å²) in [6.07, 6.45) is 0. The highest BCUT2D eigenvalue weighted by molar-refractivity contribution is 7.12. The van der Waals surface area contributed by atoms with Gasteiger partial charge in [-0.3, -0.25) is 5.84 Å². The summed E-state index contributed by atoms with van der Waals surface area (Å²) < 4.78 is 4.51. The number of rotatable bonds is 3. The number of hydrazine groups is 1. The highest BCUT2D eigenvalue weighted by Gasteiger charge is 2.11. The summed E-state index contributed by atoms with van der Waals surface area (Å²) in [5.74, 6) is 3.92. The van der Waals surface area contributed by atoms with E-state index in [9.17, 15) is 9.59 Å². The molecular weight excluding hydrogens is 288 g/mol. The van der Waals surface area contributed by atoms with Crippen molar-refractivity contribution in [2.45, 2.75) is 0 Å². The van der Waals surface area contributed by atoms with Crippen molar-refractivity contribution in [3.63, 3.8) is 0 Å². The Bertz CT molecular complexity index is 537. The van der Waals surface area contributed by atoms with Crippen LogP contribution in [0.3, 0.4) is 0 Å². The van der Waals surface area contributed by atoms with Crippen LogP contribution in [0, 0.1) is 0 Å². The molecule has 2 aromatic rings. The standard InChI is InChI=1S/C6H8N2O2S.C5H4O2S/c1-10-6(9)5-4(8-7)2-3-11-5;6-5(7)4-2-1-3-8-4/h2-3,8H,7H2,1H3;1-3H,(H,6,7). The van der Waals surface area contributed by atoms with Gasteiger partial charge in [0.05, 0.1) is 12.8 Å². The number of hydrogen-bond donors (Lipinski definition) is 3. The molecule has 102 valence electrons. The smallest absolute Gasteiger partial charge is 0.350 e. The molecule has 0 amide bonds. The van der Waals surface area contributed by atoms with Gasteiger partial charge in [0.25, 0.3) is 0 Å². The Morgan fingerprint density at radius 3 is 2.47 bits per heavy atom. The molecule has 0 saturated carbocycles. The molecule has 0 atom stereocenters. The zero-order chi connectivity index (χ0) is 14.3. The highest BCUT2D eigenvalue weighted by Crippen LogP contribution is 2.21. The summed E-state index contributed by atoms with van der Waals surface area (Å²) in [6, 6.07) is 5.01. The first-order valence-corrected chi connectivity index (χ1v) is 6.75. The van der Waals surface area contributed by atoms with E-state index in [2.05, 4.69) is 10.2 Å². The van der Waals surface area contributed by atoms with E-state index in [1.807, 2.05) is 0 Å². The lowest BCUT2D eigenvalue weighted by atomic mass is 10.4. The third-order valence-corrected chi connectivity index (χ3v) is 3.68. The molecule has 8 heteroatoms. The number of hydrogen-bond acceptors (Lipinski definition) is 7. The second-order valence-electron chi connectivity index (χ2n) is 3.08. The zero-order valence-corrected chi connectivity index (χ0v) is 11.6. The number of esters is 1. The van der Waals surface area contributed by atoms with Crippen LogP contribution in [0.2, 0.25) is 0 Å². The Labute approximate surface area is 117 Å². The number of thiophene rings is 2. The number of nitrogens with two attached hydrogens (primary N) is 1. The molecule has 0 fully saturated rings. The van der Waals surface area contributed by atoms with Crippen molar-refractivity contribution in [3.8, 4) is 0 Å². The molecule has 0 saturated heterocycles. The van der Waals surface area contributed by atoms with Gasteiger partial charge in [0.2, 0.25) is 0 Å². The van der Waals surface area contributed by atoms with E-state index in [1.165, 1.54) is 29.8 Å². The average Bonchev–Trinajstić information content (AvgIpc) is 3.08. The van der Waals surface area contributed by atoms with Gasteiger partial charge >= 0.3 is 11.9 Å². The molecule has 19 heavy (non-hydrogen) atoms. The van der Waals surface area contributed by atoms with Crippen molar-refractivity contribution in [1.82, 2.24) is 0 Å². The average molecular weight is 300 g/mol. The van der Waals surface area contributed by atoms with Gasteiger partial charge in [-0.05, 0) is 22.9 Å². The summed E-state index contributed by atoms with van der Waals surface area (Å²) in [7, 11) is 1.34. The predicted molar refractivity (Wildman–Crippen MR) is 74.7 cm³/mol. The SMILES string of the molecule is COC(=O)c1sccc1NN.O=C(O)c1cccs1. The van der Waals surface area contributed by atoms with Crippen LogP contribution >= 0.6 is 22.7 Å². The van der Waals surface area contributed by atoms with Gasteiger partial charge in [0.15, 0.2) is 0 Å². The van der Waals surface area contributed by atoms with Crippen molar-refractivity contribution in [3.05, 3.63) is 38.7 Å². The van der Waals surface area contributed by atoms with E-state index in [0.717, 1.165) is 0 Å². The maximum Gasteiger partial charge on any atom is 0.350 e. The number of aromatic carboxylic acids is 1. The van der Waals surface area contributed by atoms with Gasteiger partial charge in [0, 0.05) is 0 Å². The molecule has 0 aliphatic rings. The lowest BCUT2D eigenvalue weighted by Gasteiger charge is -1.98. The minimum atomic E-state index is -0.847. The minimum Gasteiger partial charge on any atom is -0.477 e. The molecule has 0 spiro atoms. The molecule has 2 aromatic heterocycles. The number of carbonyl (C=O) groups is 2. The van der Waals surface area contributed by atoms with Crippen molar-refractivity contribution >= 4 is 40.3 Å². The van der Waals surface area contributed by atoms with Crippen LogP contribution in [-0.2, 0) is 4.74 Å². The lowest BCUT2D eigenvalue weighted by molar-refractivity contribution is 0.0606. The maximum atomic E-state index is 10.9. The maximum absolute atomic E-state index is 10.9. The molecule has 2 heterocycles. The van der Waals surface area contributed by atoms with Crippen LogP contribution in [0.1, 0.15) is 19.3 Å². The number of carboxylic acid groups (broad SMARTS) is 1. The van der Waals surface area contributed by atoms with Crippen molar-refractivity contribution in [2.75, 3.05) is 12.5 Å². The summed E-state index contributed by atoms with van der Waals surface area (Å²) in [4.78, 5) is 21.9. The molecule has 6 nitrogen and oxygen atoms in total. The first kappa shape index (κ1) is 15.2. The quantitative estimate of drug-likeness (QED) is 0.456. The summed E-state index contributed by atoms with van der Waals surface area (Å²) in [6.45, 7) is 0. The van der Waals surface area contributed by atoms with Crippen molar-refractivity contribution < 1.29 is 19.4 Å². The fourth-order valence-electron chi connectivity index (χ4n) is 1.07. The number of methoxy groups -OCH3 is 1. The highest BCUT2D eigenvalue weighted by atomic mass is 32.1. The summed E-state index contributed by atoms with van der Waals surface area (Å²) in [5, 5.41) is 11.8. The molecule has 2 rings (SSSR count). The van der Waals surface area contributed by atoms with Crippen molar-refractivity contribution in [1.29, 1.82) is 0 Å². The number of anilines is 1. The zero-order valence-electron chi connectivity index (χ0n) is 9.95. The van der Waals surface area contributed by atoms with Crippen LogP contribution in [0.5, 0.6) is 0 Å². The van der Waals surface area contributed by atoms with E-state index in [4.69, 9.17) is 10.9 Å². The summed E-state index contributed by atoms with van der Waals surface area (Å²) >= 11 is 2.52. The van der Waals surface area contributed by atoms with E-state index in [0.29, 0.717) is 15.4 Å². The number of ether oxygens (including phenoxy) is 1. The topological polar surface area (TPSA) is 102 Å². The Hall–Kier alpha value is -1.90. The largest absolute Gasteiger partial charge is 0.477 e. The Morgan fingerprint density at radius 2 is 2.05 bits per heavy atom. The van der Waals surface area contributed by atoms with E-state index in [1.54, 1.807) is 29.0 Å². The fourth-order valence-corrected chi connectivity index (χ4v) is 2.41. The molecule has 0 unspecified atom stereocenters. The van der Waals surface area contributed by atoms with Crippen molar-refractivity contribution in [2.24, 2.45) is 5.84 Å². The molecular formula is C11H12N2O4S2. The van der Waals surface area contributed by atoms with Gasteiger partial charge < -0.3 is 15.3 Å². The number of nitrogens with one attached hydrogen (secondary N) is 1.